The third-order valence-corrected chi connectivity index (χ3v) is 3.83. The van der Waals surface area contributed by atoms with Gasteiger partial charge in [-0.3, -0.25) is 0 Å². The summed E-state index contributed by atoms with van der Waals surface area (Å²) in [6, 6.07) is 9.20. The van der Waals surface area contributed by atoms with E-state index in [-0.39, 0.29) is 0 Å². The molecule has 1 N–H and O–H groups in total. The van der Waals surface area contributed by atoms with Gasteiger partial charge in [-0.15, -0.1) is 0 Å². The molecule has 2 aromatic rings. The van der Waals surface area contributed by atoms with Gasteiger partial charge in [-0.1, -0.05) is 12.1 Å². The molecule has 0 radical (unpaired) electrons. The molecule has 20 heavy (non-hydrogen) atoms. The van der Waals surface area contributed by atoms with E-state index < -0.39 is 0 Å². The lowest BCUT2D eigenvalue weighted by molar-refractivity contribution is -0.0102. The number of nitrogens with zero attached hydrogens (tertiary/aromatic N) is 2. The monoisotopic (exact) mass is 271 g/mol. The third-order valence-electron chi connectivity index (χ3n) is 3.83. The van der Waals surface area contributed by atoms with Gasteiger partial charge >= 0.3 is 0 Å². The van der Waals surface area contributed by atoms with E-state index in [2.05, 4.69) is 41.5 Å². The van der Waals surface area contributed by atoms with E-state index in [1.165, 1.54) is 5.56 Å². The Morgan fingerprint density at radius 3 is 2.75 bits per heavy atom. The largest absolute Gasteiger partial charge is 0.378 e. The fourth-order valence-electron chi connectivity index (χ4n) is 2.56. The molecule has 4 nitrogen and oxygen atoms in total. The molecular weight excluding hydrogens is 250 g/mol. The lowest BCUT2D eigenvalue weighted by atomic mass is 9.89. The lowest BCUT2D eigenvalue weighted by Gasteiger charge is -2.35. The van der Waals surface area contributed by atoms with Gasteiger partial charge in [0.1, 0.15) is 0 Å². The van der Waals surface area contributed by atoms with Gasteiger partial charge in [0.25, 0.3) is 0 Å². The van der Waals surface area contributed by atoms with Crippen LogP contribution in [0.3, 0.4) is 0 Å². The minimum absolute atomic E-state index is 0.473. The van der Waals surface area contributed by atoms with Crippen LogP contribution >= 0.6 is 0 Å². The maximum absolute atomic E-state index is 5.57. The number of rotatable bonds is 6. The van der Waals surface area contributed by atoms with Crippen LogP contribution < -0.4 is 5.32 Å². The molecule has 0 saturated heterocycles. The van der Waals surface area contributed by atoms with E-state index in [0.29, 0.717) is 12.1 Å². The molecule has 0 unspecified atom stereocenters. The van der Waals surface area contributed by atoms with Crippen molar-refractivity contribution in [3.63, 3.8) is 0 Å². The molecular formula is C16H21N3O. The Labute approximate surface area is 119 Å². The molecule has 1 aromatic carbocycles. The van der Waals surface area contributed by atoms with Crippen LogP contribution in [0.2, 0.25) is 0 Å². The van der Waals surface area contributed by atoms with Crippen molar-refractivity contribution in [3.8, 4) is 5.69 Å². The van der Waals surface area contributed by atoms with Crippen molar-refractivity contribution in [1.82, 2.24) is 14.9 Å². The van der Waals surface area contributed by atoms with E-state index >= 15 is 0 Å². The van der Waals surface area contributed by atoms with Crippen LogP contribution in [0.4, 0.5) is 0 Å². The van der Waals surface area contributed by atoms with Crippen LogP contribution in [-0.2, 0) is 11.3 Å². The summed E-state index contributed by atoms with van der Waals surface area (Å²) in [7, 11) is 0. The SMILES string of the molecule is CCOC1CC(NCc2ccc(-n3ccnc3)cc2)C1. The van der Waals surface area contributed by atoms with E-state index in [9.17, 15) is 0 Å². The van der Waals surface area contributed by atoms with Crippen molar-refractivity contribution in [2.45, 2.75) is 38.5 Å². The highest BCUT2D eigenvalue weighted by atomic mass is 16.5. The zero-order valence-corrected chi connectivity index (χ0v) is 11.8. The van der Waals surface area contributed by atoms with E-state index in [1.54, 1.807) is 6.20 Å². The van der Waals surface area contributed by atoms with Crippen molar-refractivity contribution < 1.29 is 4.74 Å². The fraction of sp³-hybridized carbons (Fsp3) is 0.438. The molecule has 1 saturated carbocycles. The fourth-order valence-corrected chi connectivity index (χ4v) is 2.56. The Morgan fingerprint density at radius 1 is 1.30 bits per heavy atom. The highest BCUT2D eigenvalue weighted by Gasteiger charge is 2.28. The van der Waals surface area contributed by atoms with Crippen LogP contribution in [0, 0.1) is 0 Å². The van der Waals surface area contributed by atoms with Crippen molar-refractivity contribution in [2.75, 3.05) is 6.61 Å². The molecule has 1 fully saturated rings. The van der Waals surface area contributed by atoms with E-state index in [1.807, 2.05) is 17.1 Å². The maximum Gasteiger partial charge on any atom is 0.0991 e. The molecule has 1 aliphatic rings. The summed E-state index contributed by atoms with van der Waals surface area (Å²) in [6.07, 6.45) is 8.31. The van der Waals surface area contributed by atoms with Crippen molar-refractivity contribution >= 4 is 0 Å². The lowest BCUT2D eigenvalue weighted by Crippen LogP contribution is -2.45. The molecule has 0 aliphatic heterocycles. The predicted octanol–water partition coefficient (Wildman–Crippen LogP) is 2.53. The van der Waals surface area contributed by atoms with Crippen LogP contribution in [0.5, 0.6) is 0 Å². The highest BCUT2D eigenvalue weighted by molar-refractivity contribution is 5.34. The number of aromatic nitrogens is 2. The second-order valence-electron chi connectivity index (χ2n) is 5.26. The van der Waals surface area contributed by atoms with Crippen molar-refractivity contribution in [1.29, 1.82) is 0 Å². The first kappa shape index (κ1) is 13.3. The average molecular weight is 271 g/mol. The number of ether oxygens (including phenoxy) is 1. The topological polar surface area (TPSA) is 39.1 Å². The van der Waals surface area contributed by atoms with E-state index in [0.717, 1.165) is 31.7 Å². The molecule has 0 spiro atoms. The molecule has 1 aromatic heterocycles. The summed E-state index contributed by atoms with van der Waals surface area (Å²) in [6.45, 7) is 3.81. The van der Waals surface area contributed by atoms with Crippen LogP contribution in [0.15, 0.2) is 43.0 Å². The number of hydrogen-bond donors (Lipinski definition) is 1. The third kappa shape index (κ3) is 3.08. The number of hydrogen-bond acceptors (Lipinski definition) is 3. The van der Waals surface area contributed by atoms with E-state index in [4.69, 9.17) is 4.74 Å². The summed E-state index contributed by atoms with van der Waals surface area (Å²) in [4.78, 5) is 4.06. The van der Waals surface area contributed by atoms with Gasteiger partial charge < -0.3 is 14.6 Å². The molecule has 1 heterocycles. The van der Waals surface area contributed by atoms with Gasteiger partial charge in [0.05, 0.1) is 12.4 Å². The summed E-state index contributed by atoms with van der Waals surface area (Å²) >= 11 is 0. The minimum Gasteiger partial charge on any atom is -0.378 e. The van der Waals surface area contributed by atoms with Gasteiger partial charge in [-0.25, -0.2) is 4.98 Å². The second-order valence-corrected chi connectivity index (χ2v) is 5.26. The van der Waals surface area contributed by atoms with Gasteiger partial charge in [-0.05, 0) is 37.5 Å². The normalized spacial score (nSPS) is 21.6. The molecule has 0 amide bonds. The molecule has 0 atom stereocenters. The quantitative estimate of drug-likeness (QED) is 0.877. The predicted molar refractivity (Wildman–Crippen MR) is 78.8 cm³/mol. The molecule has 3 rings (SSSR count). The number of imidazole rings is 1. The van der Waals surface area contributed by atoms with Crippen LogP contribution in [-0.4, -0.2) is 28.3 Å². The van der Waals surface area contributed by atoms with Crippen molar-refractivity contribution in [2.24, 2.45) is 0 Å². The summed E-state index contributed by atoms with van der Waals surface area (Å²) in [5.41, 5.74) is 2.46. The molecule has 1 aliphatic carbocycles. The van der Waals surface area contributed by atoms with Crippen LogP contribution in [0.25, 0.3) is 5.69 Å². The smallest absolute Gasteiger partial charge is 0.0991 e. The summed E-state index contributed by atoms with van der Waals surface area (Å²) in [5, 5.41) is 3.58. The van der Waals surface area contributed by atoms with Gasteiger partial charge in [0.15, 0.2) is 0 Å². The average Bonchev–Trinajstić information content (AvgIpc) is 2.96. The van der Waals surface area contributed by atoms with Gasteiger partial charge in [-0.2, -0.15) is 0 Å². The number of benzene rings is 1. The Kier molecular flexibility index (Phi) is 4.14. The molecule has 106 valence electrons. The summed E-state index contributed by atoms with van der Waals surface area (Å²) in [5.74, 6) is 0. The zero-order valence-electron chi connectivity index (χ0n) is 11.8. The Hall–Kier alpha value is -1.65. The standard InChI is InChI=1S/C16H21N3O/c1-2-20-16-9-14(10-16)18-11-13-3-5-15(6-4-13)19-8-7-17-12-19/h3-8,12,14,16,18H,2,9-11H2,1H3. The number of nitrogens with one attached hydrogen (secondary N) is 1. The molecule has 0 bridgehead atoms. The Bertz CT molecular complexity index is 515. The highest BCUT2D eigenvalue weighted by Crippen LogP contribution is 2.23. The van der Waals surface area contributed by atoms with Crippen LogP contribution in [0.1, 0.15) is 25.3 Å². The maximum atomic E-state index is 5.57. The zero-order chi connectivity index (χ0) is 13.8. The van der Waals surface area contributed by atoms with Gasteiger partial charge in [0, 0.05) is 37.3 Å². The summed E-state index contributed by atoms with van der Waals surface area (Å²) < 4.78 is 7.58. The first-order valence-electron chi connectivity index (χ1n) is 7.27. The first-order valence-corrected chi connectivity index (χ1v) is 7.27. The Morgan fingerprint density at radius 2 is 2.10 bits per heavy atom. The first-order chi connectivity index (χ1) is 9.85. The van der Waals surface area contributed by atoms with Gasteiger partial charge in [0.2, 0.25) is 0 Å². The minimum atomic E-state index is 0.473. The second kappa shape index (κ2) is 6.20. The Balaban J connectivity index is 1.47. The molecule has 4 heteroatoms. The van der Waals surface area contributed by atoms with Crippen molar-refractivity contribution in [3.05, 3.63) is 48.5 Å².